The minimum atomic E-state index is -0.0184. The third-order valence-electron chi connectivity index (χ3n) is 10.8. The Balaban J connectivity index is 4.31. The van der Waals surface area contributed by atoms with Crippen LogP contribution in [0.5, 0.6) is 0 Å². The first-order valence-corrected chi connectivity index (χ1v) is 25.3. The van der Waals surface area contributed by atoms with Gasteiger partial charge >= 0.3 is 0 Å². The van der Waals surface area contributed by atoms with E-state index < -0.39 is 0 Å². The molecule has 2 unspecified atom stereocenters. The molecule has 0 aromatic carbocycles. The third kappa shape index (κ3) is 47.4. The van der Waals surface area contributed by atoms with Gasteiger partial charge in [0.25, 0.3) is 0 Å². The maximum absolute atomic E-state index is 6.37. The van der Waals surface area contributed by atoms with Crippen LogP contribution in [0.15, 0.2) is 48.6 Å². The summed E-state index contributed by atoms with van der Waals surface area (Å²) in [4.78, 5) is 2.21. The number of hydrogen-bond donors (Lipinski definition) is 0. The van der Waals surface area contributed by atoms with Crippen molar-refractivity contribution in [1.82, 2.24) is 4.90 Å². The number of nitrogens with zero attached hydrogens (tertiary/aromatic N) is 1. The molecule has 5 heteroatoms. The fraction of sp³-hybridized carbons (Fsp3) is 0.849. The van der Waals surface area contributed by atoms with Gasteiger partial charge in [-0.25, -0.2) is 0 Å². The molecule has 0 aliphatic carbocycles. The Morgan fingerprint density at radius 3 is 1.12 bits per heavy atom. The van der Waals surface area contributed by atoms with Crippen LogP contribution in [0.3, 0.4) is 0 Å². The topological polar surface area (TPSA) is 40.2 Å². The molecule has 0 heterocycles. The Morgan fingerprint density at radius 1 is 0.345 bits per heavy atom. The van der Waals surface area contributed by atoms with Gasteiger partial charge in [-0.15, -0.1) is 0 Å². The summed E-state index contributed by atoms with van der Waals surface area (Å²) in [6.07, 6.45) is 58.2. The predicted octanol–water partition coefficient (Wildman–Crippen LogP) is 15.7. The van der Waals surface area contributed by atoms with Crippen LogP contribution in [0, 0.1) is 0 Å². The average molecular weight is 816 g/mol. The Kier molecular flexibility index (Phi) is 49.0. The van der Waals surface area contributed by atoms with Crippen molar-refractivity contribution in [2.24, 2.45) is 0 Å². The van der Waals surface area contributed by atoms with E-state index in [1.54, 1.807) is 0 Å². The van der Waals surface area contributed by atoms with Crippen LogP contribution in [0.2, 0.25) is 0 Å². The average Bonchev–Trinajstić information content (AvgIpc) is 3.21. The maximum atomic E-state index is 6.37. The molecule has 0 bridgehead atoms. The van der Waals surface area contributed by atoms with E-state index in [2.05, 4.69) is 88.4 Å². The molecule has 58 heavy (non-hydrogen) atoms. The maximum Gasteiger partial charge on any atom is 0.104 e. The van der Waals surface area contributed by atoms with Crippen LogP contribution in [0.25, 0.3) is 0 Å². The molecular formula is C53H101NO4. The van der Waals surface area contributed by atoms with Crippen molar-refractivity contribution in [1.29, 1.82) is 0 Å². The minimum absolute atomic E-state index is 0.0184. The van der Waals surface area contributed by atoms with Gasteiger partial charge in [0.2, 0.25) is 0 Å². The normalized spacial score (nSPS) is 13.5. The van der Waals surface area contributed by atoms with Gasteiger partial charge in [0.15, 0.2) is 0 Å². The SMILES string of the molecule is CCCCC/C=C\C/C=C\CCCCCCCCOC(COCCCCCCCCC)COCC(CN(C)C)OCCCCCCCC/C=C\C/C=C\CCCCC. The minimum Gasteiger partial charge on any atom is -0.379 e. The van der Waals surface area contributed by atoms with E-state index in [0.29, 0.717) is 19.8 Å². The van der Waals surface area contributed by atoms with Gasteiger partial charge < -0.3 is 23.8 Å². The quantitative estimate of drug-likeness (QED) is 0.0452. The molecule has 0 fully saturated rings. The third-order valence-corrected chi connectivity index (χ3v) is 10.8. The lowest BCUT2D eigenvalue weighted by molar-refractivity contribution is -0.0846. The zero-order valence-corrected chi connectivity index (χ0v) is 39.7. The highest BCUT2D eigenvalue weighted by Crippen LogP contribution is 2.12. The molecule has 0 rings (SSSR count). The lowest BCUT2D eigenvalue weighted by atomic mass is 10.1. The monoisotopic (exact) mass is 816 g/mol. The molecular weight excluding hydrogens is 715 g/mol. The van der Waals surface area contributed by atoms with Crippen LogP contribution in [0.4, 0.5) is 0 Å². The summed E-state index contributed by atoms with van der Waals surface area (Å²) >= 11 is 0. The highest BCUT2D eigenvalue weighted by atomic mass is 16.6. The predicted molar refractivity (Wildman–Crippen MR) is 256 cm³/mol. The Hall–Kier alpha value is -1.24. The van der Waals surface area contributed by atoms with E-state index in [4.69, 9.17) is 18.9 Å². The molecule has 0 N–H and O–H groups in total. The summed E-state index contributed by atoms with van der Waals surface area (Å²) in [5.74, 6) is 0. The summed E-state index contributed by atoms with van der Waals surface area (Å²) in [6, 6.07) is 0. The molecule has 5 nitrogen and oxygen atoms in total. The standard InChI is InChI=1S/C53H101NO4/c1-6-9-12-15-18-20-22-24-26-28-30-32-34-37-40-43-46-57-52(48-54(4)5)49-56-51-53(50-55-45-42-39-36-17-14-11-8-3)58-47-44-41-38-35-33-31-29-27-25-23-21-19-16-13-10-7-2/h18-21,24-27,52-53H,6-17,22-23,28-51H2,1-5H3/b20-18-,21-19-,26-24-,27-25-. The Morgan fingerprint density at radius 2 is 0.672 bits per heavy atom. The largest absolute Gasteiger partial charge is 0.379 e. The molecule has 342 valence electrons. The molecule has 0 amide bonds. The molecule has 0 saturated carbocycles. The lowest BCUT2D eigenvalue weighted by Crippen LogP contribution is -2.34. The molecule has 0 spiro atoms. The van der Waals surface area contributed by atoms with Crippen molar-refractivity contribution >= 4 is 0 Å². The number of likely N-dealkylation sites (N-methyl/N-ethyl adjacent to an activating group) is 1. The summed E-state index contributed by atoms with van der Waals surface area (Å²) < 4.78 is 25.1. The second-order valence-corrected chi connectivity index (χ2v) is 17.2. The molecule has 0 aliphatic heterocycles. The van der Waals surface area contributed by atoms with Gasteiger partial charge in [0.1, 0.15) is 6.10 Å². The molecule has 0 saturated heterocycles. The van der Waals surface area contributed by atoms with E-state index in [0.717, 1.165) is 58.5 Å². The summed E-state index contributed by atoms with van der Waals surface area (Å²) in [7, 11) is 4.24. The second-order valence-electron chi connectivity index (χ2n) is 17.2. The highest BCUT2D eigenvalue weighted by molar-refractivity contribution is 4.93. The van der Waals surface area contributed by atoms with Crippen LogP contribution in [0.1, 0.15) is 220 Å². The summed E-state index contributed by atoms with van der Waals surface area (Å²) in [6.45, 7) is 11.9. The Labute approximate surface area is 363 Å². The van der Waals surface area contributed by atoms with Crippen molar-refractivity contribution in [3.8, 4) is 0 Å². The van der Waals surface area contributed by atoms with Crippen molar-refractivity contribution in [2.45, 2.75) is 232 Å². The van der Waals surface area contributed by atoms with Crippen LogP contribution < -0.4 is 0 Å². The fourth-order valence-corrected chi connectivity index (χ4v) is 7.09. The number of rotatable bonds is 48. The van der Waals surface area contributed by atoms with Gasteiger partial charge in [0.05, 0.1) is 25.9 Å². The molecule has 0 radical (unpaired) electrons. The molecule has 0 aromatic rings. The van der Waals surface area contributed by atoms with E-state index >= 15 is 0 Å². The van der Waals surface area contributed by atoms with E-state index in [9.17, 15) is 0 Å². The number of unbranched alkanes of at least 4 members (excludes halogenated alkanes) is 24. The van der Waals surface area contributed by atoms with E-state index in [1.165, 1.54) is 167 Å². The van der Waals surface area contributed by atoms with Crippen molar-refractivity contribution in [3.63, 3.8) is 0 Å². The van der Waals surface area contributed by atoms with Crippen molar-refractivity contribution < 1.29 is 18.9 Å². The zero-order valence-electron chi connectivity index (χ0n) is 39.7. The first kappa shape index (κ1) is 56.8. The highest BCUT2D eigenvalue weighted by Gasteiger charge is 2.15. The van der Waals surface area contributed by atoms with Gasteiger partial charge in [-0.1, -0.05) is 185 Å². The van der Waals surface area contributed by atoms with Crippen LogP contribution in [-0.2, 0) is 18.9 Å². The Bertz CT molecular complexity index is 883. The van der Waals surface area contributed by atoms with Crippen molar-refractivity contribution in [2.75, 3.05) is 60.3 Å². The van der Waals surface area contributed by atoms with Crippen LogP contribution >= 0.6 is 0 Å². The lowest BCUT2D eigenvalue weighted by Gasteiger charge is -2.24. The fourth-order valence-electron chi connectivity index (χ4n) is 7.09. The number of hydrogen-bond acceptors (Lipinski definition) is 5. The zero-order chi connectivity index (χ0) is 42.1. The second kappa shape index (κ2) is 50.1. The molecule has 0 aliphatic rings. The molecule has 0 aromatic heterocycles. The van der Waals surface area contributed by atoms with Crippen LogP contribution in [-0.4, -0.2) is 77.4 Å². The van der Waals surface area contributed by atoms with Gasteiger partial charge in [-0.05, 0) is 97.6 Å². The van der Waals surface area contributed by atoms with Crippen molar-refractivity contribution in [3.05, 3.63) is 48.6 Å². The first-order chi connectivity index (χ1) is 28.6. The molecule has 2 atom stereocenters. The number of allylic oxidation sites excluding steroid dienone is 8. The van der Waals surface area contributed by atoms with E-state index in [-0.39, 0.29) is 12.2 Å². The van der Waals surface area contributed by atoms with Gasteiger partial charge in [-0.3, -0.25) is 0 Å². The van der Waals surface area contributed by atoms with E-state index in [1.807, 2.05) is 0 Å². The van der Waals surface area contributed by atoms with Gasteiger partial charge in [-0.2, -0.15) is 0 Å². The number of ether oxygens (including phenoxy) is 4. The van der Waals surface area contributed by atoms with Gasteiger partial charge in [0, 0.05) is 26.4 Å². The smallest absolute Gasteiger partial charge is 0.104 e. The first-order valence-electron chi connectivity index (χ1n) is 25.3. The summed E-state index contributed by atoms with van der Waals surface area (Å²) in [5, 5.41) is 0. The summed E-state index contributed by atoms with van der Waals surface area (Å²) in [5.41, 5.74) is 0.